The zero-order chi connectivity index (χ0) is 12.7. The van der Waals surface area contributed by atoms with Crippen molar-refractivity contribution in [2.45, 2.75) is 44.7 Å². The first-order chi connectivity index (χ1) is 8.70. The molecule has 1 aromatic rings. The fourth-order valence-electron chi connectivity index (χ4n) is 2.82. The number of nitrogens with two attached hydrogens (primary N) is 1. The zero-order valence-corrected chi connectivity index (χ0v) is 11.5. The minimum atomic E-state index is 0.367. The minimum Gasteiger partial charge on any atom is -0.329 e. The van der Waals surface area contributed by atoms with Gasteiger partial charge in [-0.2, -0.15) is 5.10 Å². The standard InChI is InChI=1S/C14H24N4/c1-10-13(8-16-17(10)2)14(7-15)18(12-5-6-12)9-11-3-4-11/h8,11-12,14H,3-7,9,15H2,1-2H3. The Morgan fingerprint density at radius 3 is 2.61 bits per heavy atom. The molecule has 0 amide bonds. The Labute approximate surface area is 109 Å². The van der Waals surface area contributed by atoms with Crippen molar-refractivity contribution in [1.29, 1.82) is 0 Å². The quantitative estimate of drug-likeness (QED) is 0.832. The lowest BCUT2D eigenvalue weighted by atomic mass is 10.1. The summed E-state index contributed by atoms with van der Waals surface area (Å²) < 4.78 is 1.96. The number of nitrogens with zero attached hydrogens (tertiary/aromatic N) is 3. The van der Waals surface area contributed by atoms with Crippen molar-refractivity contribution in [2.75, 3.05) is 13.1 Å². The van der Waals surface area contributed by atoms with Crippen molar-refractivity contribution in [1.82, 2.24) is 14.7 Å². The van der Waals surface area contributed by atoms with Crippen LogP contribution in [0.15, 0.2) is 6.20 Å². The molecule has 0 spiro atoms. The number of rotatable bonds is 6. The Morgan fingerprint density at radius 2 is 2.17 bits per heavy atom. The smallest absolute Gasteiger partial charge is 0.0540 e. The van der Waals surface area contributed by atoms with Crippen LogP contribution in [0.4, 0.5) is 0 Å². The van der Waals surface area contributed by atoms with E-state index in [0.717, 1.165) is 12.0 Å². The monoisotopic (exact) mass is 248 g/mol. The van der Waals surface area contributed by atoms with Crippen LogP contribution >= 0.6 is 0 Å². The summed E-state index contributed by atoms with van der Waals surface area (Å²) in [7, 11) is 2.01. The van der Waals surface area contributed by atoms with Gasteiger partial charge in [-0.25, -0.2) is 0 Å². The van der Waals surface area contributed by atoms with Crippen LogP contribution in [0, 0.1) is 12.8 Å². The van der Waals surface area contributed by atoms with Gasteiger partial charge in [-0.15, -0.1) is 0 Å². The average molecular weight is 248 g/mol. The van der Waals surface area contributed by atoms with E-state index < -0.39 is 0 Å². The van der Waals surface area contributed by atoms with Gasteiger partial charge in [0.2, 0.25) is 0 Å². The molecule has 2 saturated carbocycles. The van der Waals surface area contributed by atoms with Crippen LogP contribution in [0.3, 0.4) is 0 Å². The van der Waals surface area contributed by atoms with Crippen molar-refractivity contribution >= 4 is 0 Å². The summed E-state index contributed by atoms with van der Waals surface area (Å²) in [5.74, 6) is 0.927. The third-order valence-electron chi connectivity index (χ3n) is 4.44. The van der Waals surface area contributed by atoms with Gasteiger partial charge in [0, 0.05) is 37.4 Å². The minimum absolute atomic E-state index is 0.367. The van der Waals surface area contributed by atoms with Crippen LogP contribution < -0.4 is 5.73 Å². The van der Waals surface area contributed by atoms with Gasteiger partial charge >= 0.3 is 0 Å². The SMILES string of the molecule is Cc1c(C(CN)N(CC2CC2)C2CC2)cnn1C. The molecular formula is C14H24N4. The fourth-order valence-corrected chi connectivity index (χ4v) is 2.82. The van der Waals surface area contributed by atoms with E-state index in [-0.39, 0.29) is 0 Å². The van der Waals surface area contributed by atoms with E-state index in [1.807, 2.05) is 17.9 Å². The second-order valence-electron chi connectivity index (χ2n) is 5.93. The summed E-state index contributed by atoms with van der Waals surface area (Å²) in [5, 5.41) is 4.38. The van der Waals surface area contributed by atoms with Crippen LogP contribution in [0.1, 0.15) is 43.0 Å². The topological polar surface area (TPSA) is 47.1 Å². The zero-order valence-electron chi connectivity index (χ0n) is 11.5. The van der Waals surface area contributed by atoms with Crippen molar-refractivity contribution < 1.29 is 0 Å². The van der Waals surface area contributed by atoms with Gasteiger partial charge in [-0.05, 0) is 38.5 Å². The molecule has 4 nitrogen and oxygen atoms in total. The molecule has 1 heterocycles. The Bertz CT molecular complexity index is 417. The summed E-state index contributed by atoms with van der Waals surface area (Å²) in [6, 6.07) is 1.14. The predicted molar refractivity (Wildman–Crippen MR) is 72.2 cm³/mol. The highest BCUT2D eigenvalue weighted by Crippen LogP contribution is 2.39. The van der Waals surface area contributed by atoms with Gasteiger partial charge in [0.05, 0.1) is 12.2 Å². The molecule has 4 heteroatoms. The molecule has 2 aliphatic carbocycles. The molecule has 18 heavy (non-hydrogen) atoms. The predicted octanol–water partition coefficient (Wildman–Crippen LogP) is 1.60. The van der Waals surface area contributed by atoms with Gasteiger partial charge in [0.1, 0.15) is 0 Å². The summed E-state index contributed by atoms with van der Waals surface area (Å²) in [4.78, 5) is 2.65. The third kappa shape index (κ3) is 2.31. The first-order valence-electron chi connectivity index (χ1n) is 7.15. The van der Waals surface area contributed by atoms with E-state index in [1.54, 1.807) is 0 Å². The van der Waals surface area contributed by atoms with Crippen molar-refractivity contribution in [3.05, 3.63) is 17.5 Å². The van der Waals surface area contributed by atoms with E-state index >= 15 is 0 Å². The number of hydrogen-bond donors (Lipinski definition) is 1. The second kappa shape index (κ2) is 4.67. The van der Waals surface area contributed by atoms with E-state index in [1.165, 1.54) is 43.5 Å². The molecule has 100 valence electrons. The number of hydrogen-bond acceptors (Lipinski definition) is 3. The fraction of sp³-hybridized carbons (Fsp3) is 0.786. The highest BCUT2D eigenvalue weighted by Gasteiger charge is 2.38. The third-order valence-corrected chi connectivity index (χ3v) is 4.44. The largest absolute Gasteiger partial charge is 0.329 e. The molecule has 1 unspecified atom stereocenters. The van der Waals surface area contributed by atoms with E-state index in [4.69, 9.17) is 5.73 Å². The lowest BCUT2D eigenvalue weighted by molar-refractivity contribution is 0.182. The summed E-state index contributed by atoms with van der Waals surface area (Å²) in [6.07, 6.45) is 7.53. The highest BCUT2D eigenvalue weighted by molar-refractivity contribution is 5.22. The molecule has 2 fully saturated rings. The second-order valence-corrected chi connectivity index (χ2v) is 5.93. The maximum absolute atomic E-state index is 6.07. The molecule has 0 aliphatic heterocycles. The van der Waals surface area contributed by atoms with Crippen LogP contribution in [-0.2, 0) is 7.05 Å². The first-order valence-corrected chi connectivity index (χ1v) is 7.15. The van der Waals surface area contributed by atoms with E-state index in [0.29, 0.717) is 12.6 Å². The lowest BCUT2D eigenvalue weighted by Gasteiger charge is -2.31. The molecule has 0 radical (unpaired) electrons. The molecule has 3 rings (SSSR count). The summed E-state index contributed by atoms with van der Waals surface area (Å²) in [6.45, 7) is 4.09. The molecule has 1 aromatic heterocycles. The normalized spacial score (nSPS) is 21.6. The van der Waals surface area contributed by atoms with Gasteiger partial charge in [-0.3, -0.25) is 9.58 Å². The van der Waals surface area contributed by atoms with Gasteiger partial charge < -0.3 is 5.73 Å². The molecule has 1 atom stereocenters. The van der Waals surface area contributed by atoms with Crippen LogP contribution in [0.5, 0.6) is 0 Å². The number of aromatic nitrogens is 2. The molecule has 0 aromatic carbocycles. The van der Waals surface area contributed by atoms with Crippen LogP contribution in [0.25, 0.3) is 0 Å². The Balaban J connectivity index is 1.81. The maximum Gasteiger partial charge on any atom is 0.0540 e. The van der Waals surface area contributed by atoms with Crippen molar-refractivity contribution in [2.24, 2.45) is 18.7 Å². The van der Waals surface area contributed by atoms with E-state index in [2.05, 4.69) is 16.9 Å². The van der Waals surface area contributed by atoms with Gasteiger partial charge in [0.15, 0.2) is 0 Å². The van der Waals surface area contributed by atoms with Crippen molar-refractivity contribution in [3.63, 3.8) is 0 Å². The summed E-state index contributed by atoms with van der Waals surface area (Å²) in [5.41, 5.74) is 8.65. The van der Waals surface area contributed by atoms with Gasteiger partial charge in [-0.1, -0.05) is 0 Å². The Morgan fingerprint density at radius 1 is 1.44 bits per heavy atom. The molecule has 0 saturated heterocycles. The van der Waals surface area contributed by atoms with Crippen LogP contribution in [0.2, 0.25) is 0 Å². The highest BCUT2D eigenvalue weighted by atomic mass is 15.3. The molecular weight excluding hydrogens is 224 g/mol. The Hall–Kier alpha value is -0.870. The van der Waals surface area contributed by atoms with E-state index in [9.17, 15) is 0 Å². The Kier molecular flexibility index (Phi) is 3.16. The lowest BCUT2D eigenvalue weighted by Crippen LogP contribution is -2.37. The van der Waals surface area contributed by atoms with Crippen molar-refractivity contribution in [3.8, 4) is 0 Å². The molecule has 2 aliphatic rings. The maximum atomic E-state index is 6.07. The van der Waals surface area contributed by atoms with Gasteiger partial charge in [0.25, 0.3) is 0 Å². The number of aryl methyl sites for hydroxylation is 1. The summed E-state index contributed by atoms with van der Waals surface area (Å²) >= 11 is 0. The first kappa shape index (κ1) is 12.2. The molecule has 0 bridgehead atoms. The average Bonchev–Trinajstić information content (AvgIpc) is 3.25. The van der Waals surface area contributed by atoms with Crippen LogP contribution in [-0.4, -0.2) is 33.8 Å². The molecule has 2 N–H and O–H groups in total.